The van der Waals surface area contributed by atoms with Gasteiger partial charge in [-0.2, -0.15) is 13.2 Å². The van der Waals surface area contributed by atoms with E-state index in [2.05, 4.69) is 0 Å². The molecule has 0 aliphatic heterocycles. The van der Waals surface area contributed by atoms with E-state index in [1.807, 2.05) is 0 Å². The summed E-state index contributed by atoms with van der Waals surface area (Å²) in [5.74, 6) is -1.66. The first kappa shape index (κ1) is 12.4. The minimum Gasteiger partial charge on any atom is -0.348 e. The second-order valence-electron chi connectivity index (χ2n) is 2.38. The third-order valence-electron chi connectivity index (χ3n) is 1.15. The van der Waals surface area contributed by atoms with Gasteiger partial charge < -0.3 is 5.32 Å². The van der Waals surface area contributed by atoms with Crippen LogP contribution in [0, 0.1) is 0 Å². The van der Waals surface area contributed by atoms with Gasteiger partial charge in [-0.05, 0) is 6.42 Å². The van der Waals surface area contributed by atoms with E-state index in [9.17, 15) is 22.2 Å². The van der Waals surface area contributed by atoms with Crippen molar-refractivity contribution in [3.8, 4) is 0 Å². The zero-order chi connectivity index (χ0) is 10.5. The number of rotatable bonds is 4. The number of nitrogens with one attached hydrogen (secondary N) is 1. The maximum absolute atomic E-state index is 11.6. The fourth-order valence-corrected chi connectivity index (χ4v) is 1.13. The van der Waals surface area contributed by atoms with Gasteiger partial charge in [0.1, 0.15) is 0 Å². The SMILES string of the molecule is CS(=O)CCCNC(=O)C(F)(F)F. The van der Waals surface area contributed by atoms with Crippen molar-refractivity contribution in [1.82, 2.24) is 5.32 Å². The Balaban J connectivity index is 3.55. The van der Waals surface area contributed by atoms with Crippen LogP contribution in [0.3, 0.4) is 0 Å². The Morgan fingerprint density at radius 1 is 1.46 bits per heavy atom. The Labute approximate surface area is 76.1 Å². The van der Waals surface area contributed by atoms with Gasteiger partial charge >= 0.3 is 12.1 Å². The lowest BCUT2D eigenvalue weighted by molar-refractivity contribution is -0.173. The molecule has 0 aromatic rings. The lowest BCUT2D eigenvalue weighted by atomic mass is 10.4. The van der Waals surface area contributed by atoms with Gasteiger partial charge in [-0.15, -0.1) is 0 Å². The summed E-state index contributed by atoms with van der Waals surface area (Å²) in [7, 11) is -1.03. The summed E-state index contributed by atoms with van der Waals surface area (Å²) in [5, 5.41) is 1.68. The number of halogens is 3. The maximum Gasteiger partial charge on any atom is 0.471 e. The summed E-state index contributed by atoms with van der Waals surface area (Å²) in [6.45, 7) is -0.0993. The number of alkyl halides is 3. The van der Waals surface area contributed by atoms with E-state index in [1.165, 1.54) is 6.26 Å². The molecule has 0 bridgehead atoms. The summed E-state index contributed by atoms with van der Waals surface area (Å²) in [5.41, 5.74) is 0. The number of carbonyl (C=O) groups is 1. The average Bonchev–Trinajstić information content (AvgIpc) is 1.95. The molecule has 0 aromatic heterocycles. The lowest BCUT2D eigenvalue weighted by Crippen LogP contribution is -2.37. The van der Waals surface area contributed by atoms with E-state index in [1.54, 1.807) is 5.32 Å². The van der Waals surface area contributed by atoms with Crippen molar-refractivity contribution in [2.45, 2.75) is 12.6 Å². The second kappa shape index (κ2) is 5.21. The molecule has 1 N–H and O–H groups in total. The van der Waals surface area contributed by atoms with Crippen molar-refractivity contribution in [2.24, 2.45) is 0 Å². The molecule has 0 fully saturated rings. The van der Waals surface area contributed by atoms with E-state index in [0.29, 0.717) is 0 Å². The molecule has 0 heterocycles. The van der Waals surface area contributed by atoms with Crippen LogP contribution in [0.4, 0.5) is 13.2 Å². The van der Waals surface area contributed by atoms with Crippen LogP contribution in [0.1, 0.15) is 6.42 Å². The van der Waals surface area contributed by atoms with Crippen LogP contribution in [-0.2, 0) is 15.6 Å². The number of carbonyl (C=O) groups excluding carboxylic acids is 1. The molecule has 0 saturated heterocycles. The number of hydrogen-bond acceptors (Lipinski definition) is 2. The molecule has 13 heavy (non-hydrogen) atoms. The molecule has 0 spiro atoms. The van der Waals surface area contributed by atoms with Gasteiger partial charge in [0.2, 0.25) is 0 Å². The molecular weight excluding hydrogens is 207 g/mol. The summed E-state index contributed by atoms with van der Waals surface area (Å²) >= 11 is 0. The maximum atomic E-state index is 11.6. The van der Waals surface area contributed by atoms with Crippen molar-refractivity contribution in [1.29, 1.82) is 0 Å². The van der Waals surface area contributed by atoms with E-state index in [4.69, 9.17) is 0 Å². The highest BCUT2D eigenvalue weighted by Crippen LogP contribution is 2.13. The molecule has 0 aromatic carbocycles. The van der Waals surface area contributed by atoms with Gasteiger partial charge in [0.25, 0.3) is 0 Å². The monoisotopic (exact) mass is 217 g/mol. The molecule has 0 aliphatic rings. The third kappa shape index (κ3) is 6.56. The average molecular weight is 217 g/mol. The molecular formula is C6H10F3NO2S. The Morgan fingerprint density at radius 3 is 2.38 bits per heavy atom. The molecule has 1 amide bonds. The zero-order valence-corrected chi connectivity index (χ0v) is 7.80. The fourth-order valence-electron chi connectivity index (χ4n) is 0.578. The molecule has 0 aliphatic carbocycles. The molecule has 0 rings (SSSR count). The molecule has 1 atom stereocenters. The predicted octanol–water partition coefficient (Wildman–Crippen LogP) is 0.433. The molecule has 0 radical (unpaired) electrons. The molecule has 3 nitrogen and oxygen atoms in total. The van der Waals surface area contributed by atoms with Crippen LogP contribution in [0.15, 0.2) is 0 Å². The van der Waals surface area contributed by atoms with Crippen molar-refractivity contribution < 1.29 is 22.2 Å². The minimum absolute atomic E-state index is 0.0993. The first-order valence-corrected chi connectivity index (χ1v) is 5.22. The Kier molecular flexibility index (Phi) is 4.97. The summed E-state index contributed by atoms with van der Waals surface area (Å²) in [4.78, 5) is 10.2. The smallest absolute Gasteiger partial charge is 0.348 e. The van der Waals surface area contributed by atoms with Crippen LogP contribution in [0.5, 0.6) is 0 Å². The lowest BCUT2D eigenvalue weighted by Gasteiger charge is -2.06. The largest absolute Gasteiger partial charge is 0.471 e. The Hall–Kier alpha value is -0.590. The molecule has 1 unspecified atom stereocenters. The van der Waals surface area contributed by atoms with Gasteiger partial charge in [0.15, 0.2) is 0 Å². The van der Waals surface area contributed by atoms with Gasteiger partial charge in [0.05, 0.1) is 0 Å². The molecule has 7 heteroatoms. The highest BCUT2D eigenvalue weighted by atomic mass is 32.2. The summed E-state index contributed by atoms with van der Waals surface area (Å²) in [6.07, 6.45) is -3.10. The van der Waals surface area contributed by atoms with Gasteiger partial charge in [-0.25, -0.2) is 0 Å². The van der Waals surface area contributed by atoms with Gasteiger partial charge in [-0.3, -0.25) is 9.00 Å². The van der Waals surface area contributed by atoms with Crippen LogP contribution >= 0.6 is 0 Å². The van der Waals surface area contributed by atoms with E-state index in [-0.39, 0.29) is 18.7 Å². The molecule has 78 valence electrons. The van der Waals surface area contributed by atoms with Gasteiger partial charge in [0, 0.05) is 29.4 Å². The number of hydrogen-bond donors (Lipinski definition) is 1. The van der Waals surface area contributed by atoms with Crippen LogP contribution in [-0.4, -0.2) is 34.8 Å². The van der Waals surface area contributed by atoms with Crippen LogP contribution in [0.2, 0.25) is 0 Å². The van der Waals surface area contributed by atoms with E-state index < -0.39 is 22.9 Å². The second-order valence-corrected chi connectivity index (χ2v) is 3.94. The molecule has 0 saturated carbocycles. The van der Waals surface area contributed by atoms with Crippen LogP contribution in [0.25, 0.3) is 0 Å². The zero-order valence-electron chi connectivity index (χ0n) is 6.98. The first-order valence-electron chi connectivity index (χ1n) is 3.49. The van der Waals surface area contributed by atoms with Crippen molar-refractivity contribution in [3.63, 3.8) is 0 Å². The summed E-state index contributed by atoms with van der Waals surface area (Å²) in [6, 6.07) is 0. The minimum atomic E-state index is -4.83. The van der Waals surface area contributed by atoms with Crippen LogP contribution < -0.4 is 5.32 Å². The fraction of sp³-hybridized carbons (Fsp3) is 0.833. The van der Waals surface area contributed by atoms with E-state index in [0.717, 1.165) is 0 Å². The predicted molar refractivity (Wildman–Crippen MR) is 42.6 cm³/mol. The highest BCUT2D eigenvalue weighted by Gasteiger charge is 2.38. The van der Waals surface area contributed by atoms with E-state index >= 15 is 0 Å². The van der Waals surface area contributed by atoms with Crippen molar-refractivity contribution >= 4 is 16.7 Å². The Bertz CT molecular complexity index is 205. The standard InChI is InChI=1S/C6H10F3NO2S/c1-13(12)4-2-3-10-5(11)6(7,8)9/h2-4H2,1H3,(H,10,11). The highest BCUT2D eigenvalue weighted by molar-refractivity contribution is 7.84. The van der Waals surface area contributed by atoms with Gasteiger partial charge in [-0.1, -0.05) is 0 Å². The normalized spacial score (nSPS) is 13.8. The van der Waals surface area contributed by atoms with Crippen molar-refractivity contribution in [2.75, 3.05) is 18.6 Å². The third-order valence-corrected chi connectivity index (χ3v) is 2.02. The van der Waals surface area contributed by atoms with Crippen molar-refractivity contribution in [3.05, 3.63) is 0 Å². The Morgan fingerprint density at radius 2 is 2.00 bits per heavy atom. The summed E-state index contributed by atoms with van der Waals surface area (Å²) < 4.78 is 45.2. The quantitative estimate of drug-likeness (QED) is 0.694. The number of amides is 1. The first-order chi connectivity index (χ1) is 5.84. The topological polar surface area (TPSA) is 46.2 Å².